The van der Waals surface area contributed by atoms with Crippen molar-refractivity contribution >= 4 is 40.9 Å². The molecule has 3 heterocycles. The molecule has 4 fully saturated rings. The fourth-order valence-corrected chi connectivity index (χ4v) is 6.18. The summed E-state index contributed by atoms with van der Waals surface area (Å²) >= 11 is 12.9. The van der Waals surface area contributed by atoms with Crippen LogP contribution in [0.3, 0.4) is 0 Å². The Morgan fingerprint density at radius 1 is 1.15 bits per heavy atom. The Bertz CT molecular complexity index is 1480. The molecule has 4 aliphatic rings. The second-order valence-electron chi connectivity index (χ2n) is 10.2. The van der Waals surface area contributed by atoms with E-state index in [4.69, 9.17) is 37.6 Å². The van der Waals surface area contributed by atoms with Crippen LogP contribution in [0.5, 0.6) is 0 Å². The molecule has 2 atom stereocenters. The van der Waals surface area contributed by atoms with Crippen LogP contribution in [0.2, 0.25) is 10.0 Å². The number of piperidine rings is 1. The molecule has 1 aromatic heterocycles. The zero-order valence-electron chi connectivity index (χ0n) is 20.7. The van der Waals surface area contributed by atoms with Gasteiger partial charge in [-0.1, -0.05) is 34.4 Å². The minimum atomic E-state index is -1.13. The first-order chi connectivity index (χ1) is 18.8. The van der Waals surface area contributed by atoms with Crippen LogP contribution in [-0.4, -0.2) is 45.4 Å². The summed E-state index contributed by atoms with van der Waals surface area (Å²) in [4.78, 5) is 26.0. The lowest BCUT2D eigenvalue weighted by atomic mass is 9.78. The normalized spacial score (nSPS) is 21.7. The lowest BCUT2D eigenvalue weighted by Gasteiger charge is -2.54. The molecular weight excluding hydrogens is 543 g/mol. The number of aromatic carboxylic acids is 1. The van der Waals surface area contributed by atoms with E-state index < -0.39 is 5.97 Å². The topological polar surface area (TPSA) is 129 Å². The first-order valence-electron chi connectivity index (χ1n) is 12.7. The van der Waals surface area contributed by atoms with Crippen molar-refractivity contribution in [3.05, 3.63) is 68.9 Å². The quantitative estimate of drug-likeness (QED) is 0.336. The Morgan fingerprint density at radius 2 is 1.87 bits per heavy atom. The summed E-state index contributed by atoms with van der Waals surface area (Å²) in [6.07, 6.45) is 4.29. The monoisotopic (exact) mass is 566 g/mol. The van der Waals surface area contributed by atoms with Crippen LogP contribution in [0.4, 0.5) is 10.5 Å². The SMILES string of the molecule is N#Cc1cc(C(=O)O)ccc1NC(=O)N1C2CC(OCc3c(-c4c(Cl)cccc4Cl)noc3C3CC3)CC1C2. The van der Waals surface area contributed by atoms with Gasteiger partial charge in [-0.2, -0.15) is 5.26 Å². The Morgan fingerprint density at radius 3 is 2.51 bits per heavy atom. The van der Waals surface area contributed by atoms with E-state index in [1.165, 1.54) is 18.2 Å². The molecule has 2 N–H and O–H groups in total. The van der Waals surface area contributed by atoms with Crippen molar-refractivity contribution in [2.75, 3.05) is 5.32 Å². The highest BCUT2D eigenvalue weighted by molar-refractivity contribution is 6.39. The van der Waals surface area contributed by atoms with Crippen LogP contribution < -0.4 is 5.32 Å². The Labute approximate surface area is 234 Å². The van der Waals surface area contributed by atoms with Gasteiger partial charge >= 0.3 is 12.0 Å². The van der Waals surface area contributed by atoms with E-state index in [0.717, 1.165) is 30.6 Å². The number of benzene rings is 2. The molecule has 9 nitrogen and oxygen atoms in total. The number of carbonyl (C=O) groups excluding carboxylic acids is 1. The van der Waals surface area contributed by atoms with Crippen LogP contribution >= 0.6 is 23.2 Å². The van der Waals surface area contributed by atoms with E-state index in [1.807, 2.05) is 6.07 Å². The smallest absolute Gasteiger partial charge is 0.335 e. The van der Waals surface area contributed by atoms with Gasteiger partial charge in [0, 0.05) is 29.1 Å². The number of nitriles is 1. The average Bonchev–Trinajstić information content (AvgIpc) is 3.67. The van der Waals surface area contributed by atoms with E-state index in [1.54, 1.807) is 23.1 Å². The number of carboxylic acids is 1. The third-order valence-corrected chi connectivity index (χ3v) is 8.32. The highest BCUT2D eigenvalue weighted by Gasteiger charge is 2.48. The van der Waals surface area contributed by atoms with Gasteiger partial charge in [-0.15, -0.1) is 0 Å². The summed E-state index contributed by atoms with van der Waals surface area (Å²) in [6, 6.07) is 11.1. The highest BCUT2D eigenvalue weighted by atomic mass is 35.5. The van der Waals surface area contributed by atoms with E-state index >= 15 is 0 Å². The van der Waals surface area contributed by atoms with Crippen molar-refractivity contribution in [1.82, 2.24) is 10.1 Å². The molecule has 39 heavy (non-hydrogen) atoms. The maximum atomic E-state index is 13.0. The van der Waals surface area contributed by atoms with Gasteiger partial charge in [0.15, 0.2) is 0 Å². The molecule has 200 valence electrons. The molecule has 2 aliphatic heterocycles. The van der Waals surface area contributed by atoms with Crippen LogP contribution in [0.15, 0.2) is 40.9 Å². The molecule has 2 saturated carbocycles. The first-order valence-corrected chi connectivity index (χ1v) is 13.5. The highest BCUT2D eigenvalue weighted by Crippen LogP contribution is 2.47. The van der Waals surface area contributed by atoms with Crippen LogP contribution in [-0.2, 0) is 11.3 Å². The Kier molecular flexibility index (Phi) is 6.71. The van der Waals surface area contributed by atoms with E-state index in [9.17, 15) is 14.9 Å². The number of amides is 2. The van der Waals surface area contributed by atoms with Crippen LogP contribution in [0, 0.1) is 11.3 Å². The number of carboxylic acid groups (broad SMARTS) is 1. The van der Waals surface area contributed by atoms with Crippen molar-refractivity contribution in [3.8, 4) is 17.3 Å². The van der Waals surface area contributed by atoms with Gasteiger partial charge in [0.1, 0.15) is 17.5 Å². The van der Waals surface area contributed by atoms with Crippen LogP contribution in [0.25, 0.3) is 11.3 Å². The zero-order valence-corrected chi connectivity index (χ0v) is 22.2. The van der Waals surface area contributed by atoms with E-state index in [0.29, 0.717) is 46.7 Å². The van der Waals surface area contributed by atoms with Crippen LogP contribution in [0.1, 0.15) is 65.3 Å². The van der Waals surface area contributed by atoms with E-state index in [-0.39, 0.29) is 41.0 Å². The molecule has 2 bridgehead atoms. The maximum absolute atomic E-state index is 13.0. The summed E-state index contributed by atoms with van der Waals surface area (Å²) in [5.41, 5.74) is 2.49. The van der Waals surface area contributed by atoms with Crippen molar-refractivity contribution in [1.29, 1.82) is 5.26 Å². The van der Waals surface area contributed by atoms with Crippen molar-refractivity contribution in [2.24, 2.45) is 0 Å². The third kappa shape index (κ3) is 4.84. The van der Waals surface area contributed by atoms with Crippen molar-refractivity contribution in [3.63, 3.8) is 0 Å². The molecule has 2 aliphatic carbocycles. The fraction of sp³-hybridized carbons (Fsp3) is 0.357. The van der Waals surface area contributed by atoms with Gasteiger partial charge in [-0.25, -0.2) is 9.59 Å². The minimum absolute atomic E-state index is 0.0111. The number of fused-ring (bicyclic) bond motifs is 2. The van der Waals surface area contributed by atoms with Gasteiger partial charge < -0.3 is 24.6 Å². The first kappa shape index (κ1) is 25.7. The average molecular weight is 567 g/mol. The molecule has 2 unspecified atom stereocenters. The number of hydrogen-bond acceptors (Lipinski definition) is 6. The minimum Gasteiger partial charge on any atom is -0.478 e. The molecule has 2 amide bonds. The number of carbonyl (C=O) groups is 2. The Hall–Kier alpha value is -3.58. The number of halogens is 2. The zero-order chi connectivity index (χ0) is 27.3. The number of ether oxygens (including phenoxy) is 1. The lowest BCUT2D eigenvalue weighted by Crippen LogP contribution is -2.65. The third-order valence-electron chi connectivity index (χ3n) is 7.69. The molecule has 11 heteroatoms. The predicted molar refractivity (Wildman–Crippen MR) is 143 cm³/mol. The number of urea groups is 1. The van der Waals surface area contributed by atoms with Gasteiger partial charge in [0.2, 0.25) is 0 Å². The van der Waals surface area contributed by atoms with Crippen molar-refractivity contribution in [2.45, 2.75) is 62.8 Å². The van der Waals surface area contributed by atoms with Gasteiger partial charge in [-0.05, 0) is 62.4 Å². The summed E-state index contributed by atoms with van der Waals surface area (Å²) in [5, 5.41) is 26.7. The number of hydrogen-bond donors (Lipinski definition) is 2. The second kappa shape index (κ2) is 10.2. The van der Waals surface area contributed by atoms with Crippen molar-refractivity contribution < 1.29 is 24.0 Å². The molecule has 3 aromatic rings. The Balaban J connectivity index is 1.12. The fourth-order valence-electron chi connectivity index (χ4n) is 5.60. The summed E-state index contributed by atoms with van der Waals surface area (Å²) < 4.78 is 12.1. The van der Waals surface area contributed by atoms with E-state index in [2.05, 4.69) is 10.5 Å². The molecule has 0 spiro atoms. The number of aromatic nitrogens is 1. The number of rotatable bonds is 7. The lowest BCUT2D eigenvalue weighted by molar-refractivity contribution is -0.0837. The molecule has 0 radical (unpaired) electrons. The maximum Gasteiger partial charge on any atom is 0.335 e. The molecule has 2 saturated heterocycles. The summed E-state index contributed by atoms with van der Waals surface area (Å²) in [7, 11) is 0. The van der Waals surface area contributed by atoms with Gasteiger partial charge in [0.05, 0.1) is 39.6 Å². The predicted octanol–water partition coefficient (Wildman–Crippen LogP) is 6.45. The molecule has 2 aromatic carbocycles. The second-order valence-corrected chi connectivity index (χ2v) is 11.0. The molecular formula is C28H24Cl2N4O5. The van der Waals surface area contributed by atoms with Gasteiger partial charge in [0.25, 0.3) is 0 Å². The largest absolute Gasteiger partial charge is 0.478 e. The summed E-state index contributed by atoms with van der Waals surface area (Å²) in [6.45, 7) is 0.310. The number of anilines is 1. The number of nitrogens with one attached hydrogen (secondary N) is 1. The standard InChI is InChI=1S/C28H24Cl2N4O5/c29-21-2-1-3-22(30)24(21)25-20(26(39-33-25)14-4-5-14)13-38-19-10-17-9-18(11-19)34(17)28(37)32-23-7-6-15(27(35)36)8-16(23)12-31/h1-3,6-8,14,17-19H,4-5,9-11,13H2,(H,32,37)(H,35,36). The molecule has 7 rings (SSSR count). The number of nitrogens with zero attached hydrogens (tertiary/aromatic N) is 3. The summed E-state index contributed by atoms with van der Waals surface area (Å²) in [5.74, 6) is 0.0170. The van der Waals surface area contributed by atoms with Gasteiger partial charge in [-0.3, -0.25) is 0 Å².